The third-order valence-electron chi connectivity index (χ3n) is 1.35. The fourth-order valence-corrected chi connectivity index (χ4v) is 7.70. The third-order valence-corrected chi connectivity index (χ3v) is 7.84. The van der Waals surface area contributed by atoms with E-state index in [4.69, 9.17) is 20.9 Å². The van der Waals surface area contributed by atoms with Crippen LogP contribution in [0.5, 0.6) is 0 Å². The van der Waals surface area contributed by atoms with Gasteiger partial charge in [0, 0.05) is 31.2 Å². The molecule has 0 aliphatic carbocycles. The second kappa shape index (κ2) is 4.73. The van der Waals surface area contributed by atoms with Crippen LogP contribution in [-0.2, 0) is 20.9 Å². The monoisotopic (exact) mass is 291 g/mol. The highest BCUT2D eigenvalue weighted by molar-refractivity contribution is 9.50. The molecule has 0 N–H and O–H groups in total. The van der Waals surface area contributed by atoms with Crippen LogP contribution in [0.25, 0.3) is 0 Å². The van der Waals surface area contributed by atoms with E-state index in [2.05, 4.69) is 28.7 Å². The molecule has 0 amide bonds. The van der Waals surface area contributed by atoms with Gasteiger partial charge >= 0.3 is 0 Å². The lowest BCUT2D eigenvalue weighted by atomic mass is 10.4. The summed E-state index contributed by atoms with van der Waals surface area (Å²) >= 11 is 8.61. The Kier molecular flexibility index (Phi) is 4.51. The van der Waals surface area contributed by atoms with Crippen molar-refractivity contribution in [2.24, 2.45) is 0 Å². The van der Waals surface area contributed by atoms with E-state index in [0.29, 0.717) is 19.3 Å². The van der Waals surface area contributed by atoms with Crippen molar-refractivity contribution in [3.05, 3.63) is 0 Å². The van der Waals surface area contributed by atoms with E-state index in [0.717, 1.165) is 0 Å². The van der Waals surface area contributed by atoms with Crippen molar-refractivity contribution in [3.63, 3.8) is 0 Å². The van der Waals surface area contributed by atoms with Crippen molar-refractivity contribution in [2.75, 3.05) is 13.2 Å². The highest BCUT2D eigenvalue weighted by Gasteiger charge is 2.34. The van der Waals surface area contributed by atoms with E-state index in [1.165, 1.54) is 10.4 Å². The highest BCUT2D eigenvalue weighted by Crippen LogP contribution is 2.60. The van der Waals surface area contributed by atoms with Crippen LogP contribution in [0.4, 0.5) is 0 Å². The number of halogens is 1. The van der Waals surface area contributed by atoms with Gasteiger partial charge in [-0.25, -0.2) is 0 Å². The summed E-state index contributed by atoms with van der Waals surface area (Å²) in [4.78, 5) is 0. The molecule has 0 saturated carbocycles. The summed E-state index contributed by atoms with van der Waals surface area (Å²) in [5.74, 6) is 0. The maximum atomic E-state index is 5.43. The molecular formula is C5H11BrNO2PS2. The molecule has 0 unspecified atom stereocenters. The zero-order chi connectivity index (χ0) is 9.19. The van der Waals surface area contributed by atoms with Crippen LogP contribution in [0.15, 0.2) is 0 Å². The van der Waals surface area contributed by atoms with E-state index in [1.54, 1.807) is 0 Å². The minimum absolute atomic E-state index is 0.318. The molecule has 0 aromatic rings. The molecule has 0 radical (unpaired) electrons. The zero-order valence-electron chi connectivity index (χ0n) is 6.90. The highest BCUT2D eigenvalue weighted by atomic mass is 79.9. The summed E-state index contributed by atoms with van der Waals surface area (Å²) in [6.07, 6.45) is 0. The Balaban J connectivity index is 2.70. The Hall–Kier alpha value is 1.36. The van der Waals surface area contributed by atoms with Crippen molar-refractivity contribution in [2.45, 2.75) is 19.9 Å². The molecule has 1 fully saturated rings. The molecule has 12 heavy (non-hydrogen) atoms. The Labute approximate surface area is 89.7 Å². The molecule has 1 rings (SSSR count). The lowest BCUT2D eigenvalue weighted by Crippen LogP contribution is -2.19. The summed E-state index contributed by atoms with van der Waals surface area (Å²) in [5, 5.41) is 0. The van der Waals surface area contributed by atoms with Crippen molar-refractivity contribution in [1.29, 1.82) is 0 Å². The third kappa shape index (κ3) is 2.44. The summed E-state index contributed by atoms with van der Waals surface area (Å²) in [6.45, 7) is 3.21. The van der Waals surface area contributed by atoms with Gasteiger partial charge in [-0.15, -0.1) is 0 Å². The van der Waals surface area contributed by atoms with Crippen LogP contribution in [0, 0.1) is 0 Å². The van der Waals surface area contributed by atoms with Crippen LogP contribution in [0.2, 0.25) is 0 Å². The largest absolute Gasteiger partial charge is 0.315 e. The second-order valence-corrected chi connectivity index (χ2v) is 7.54. The van der Waals surface area contributed by atoms with Gasteiger partial charge in [-0.2, -0.15) is 4.08 Å². The topological polar surface area (TPSA) is 21.7 Å². The Morgan fingerprint density at radius 1 is 1.50 bits per heavy atom. The molecule has 0 aromatic carbocycles. The average molecular weight is 292 g/mol. The van der Waals surface area contributed by atoms with Gasteiger partial charge in [0.05, 0.1) is 13.2 Å². The van der Waals surface area contributed by atoms with E-state index in [-0.39, 0.29) is 0 Å². The average Bonchev–Trinajstić information content (AvgIpc) is 2.37. The van der Waals surface area contributed by atoms with Crippen LogP contribution in [0.3, 0.4) is 0 Å². The predicted molar refractivity (Wildman–Crippen MR) is 59.7 cm³/mol. The number of rotatable bonds is 3. The van der Waals surface area contributed by atoms with E-state index in [9.17, 15) is 0 Å². The molecule has 0 bridgehead atoms. The van der Waals surface area contributed by atoms with Crippen molar-refractivity contribution < 1.29 is 9.05 Å². The van der Waals surface area contributed by atoms with Crippen LogP contribution >= 0.6 is 31.8 Å². The number of hydrogen-bond donors (Lipinski definition) is 0. The van der Waals surface area contributed by atoms with Crippen molar-refractivity contribution >= 4 is 43.6 Å². The molecule has 72 valence electrons. The van der Waals surface area contributed by atoms with E-state index >= 15 is 0 Å². The summed E-state index contributed by atoms with van der Waals surface area (Å²) in [7, 11) is 1.42. The maximum absolute atomic E-state index is 5.43. The number of hydrogen-bond acceptors (Lipinski definition) is 4. The second-order valence-electron chi connectivity index (χ2n) is 2.60. The zero-order valence-corrected chi connectivity index (χ0v) is 11.0. The molecule has 0 atom stereocenters. The normalized spacial score (nSPS) is 22.4. The van der Waals surface area contributed by atoms with Crippen molar-refractivity contribution in [3.8, 4) is 0 Å². The minimum atomic E-state index is -2.15. The quantitative estimate of drug-likeness (QED) is 0.587. The van der Waals surface area contributed by atoms with Gasteiger partial charge in [-0.3, -0.25) is 0 Å². The molecule has 0 spiro atoms. The first-order valence-corrected chi connectivity index (χ1v) is 8.78. The van der Waals surface area contributed by atoms with Gasteiger partial charge in [-0.1, -0.05) is 0 Å². The molecule has 7 heteroatoms. The lowest BCUT2D eigenvalue weighted by molar-refractivity contribution is 0.365. The SMILES string of the molecule is CC(C)N(SBr)P1(=S)OCCO1. The molecule has 1 aliphatic heterocycles. The summed E-state index contributed by atoms with van der Waals surface area (Å²) in [6, 6.07) is 0.318. The van der Waals surface area contributed by atoms with Gasteiger partial charge in [0.2, 0.25) is 0 Å². The smallest absolute Gasteiger partial charge is 0.274 e. The Morgan fingerprint density at radius 2 is 2.00 bits per heavy atom. The van der Waals surface area contributed by atoms with Gasteiger partial charge in [0.1, 0.15) is 0 Å². The number of nitrogens with zero attached hydrogens (tertiary/aromatic N) is 1. The molecule has 3 nitrogen and oxygen atoms in total. The fraction of sp³-hybridized carbons (Fsp3) is 1.00. The molecule has 1 heterocycles. The van der Waals surface area contributed by atoms with Gasteiger partial charge in [0.15, 0.2) is 0 Å². The standard InChI is InChI=1S/C5H11BrNO2PS2/c1-5(2)7(12-6)10(11)8-3-4-9-10/h5H,3-4H2,1-2H3. The molecule has 1 saturated heterocycles. The fourth-order valence-electron chi connectivity index (χ4n) is 0.857. The van der Waals surface area contributed by atoms with Gasteiger partial charge in [0.25, 0.3) is 6.64 Å². The Morgan fingerprint density at radius 3 is 2.33 bits per heavy atom. The first kappa shape index (κ1) is 11.4. The van der Waals surface area contributed by atoms with Crippen LogP contribution in [0.1, 0.15) is 13.8 Å². The molecule has 1 aliphatic rings. The first-order chi connectivity index (χ1) is 5.60. The lowest BCUT2D eigenvalue weighted by Gasteiger charge is -2.28. The van der Waals surface area contributed by atoms with Crippen LogP contribution in [-0.4, -0.2) is 23.3 Å². The predicted octanol–water partition coefficient (Wildman–Crippen LogP) is 2.93. The minimum Gasteiger partial charge on any atom is -0.315 e. The maximum Gasteiger partial charge on any atom is 0.274 e. The summed E-state index contributed by atoms with van der Waals surface area (Å²) < 4.78 is 12.8. The molecule has 0 aromatic heterocycles. The van der Waals surface area contributed by atoms with E-state index < -0.39 is 6.64 Å². The van der Waals surface area contributed by atoms with E-state index in [1.807, 2.05) is 4.08 Å². The Bertz CT molecular complexity index is 194. The van der Waals surface area contributed by atoms with Crippen molar-refractivity contribution in [1.82, 2.24) is 4.08 Å². The molecular weight excluding hydrogens is 281 g/mol. The van der Waals surface area contributed by atoms with Gasteiger partial charge in [-0.05, 0) is 25.7 Å². The first-order valence-electron chi connectivity index (χ1n) is 3.57. The van der Waals surface area contributed by atoms with Gasteiger partial charge < -0.3 is 9.05 Å². The summed E-state index contributed by atoms with van der Waals surface area (Å²) in [5.41, 5.74) is 0. The van der Waals surface area contributed by atoms with Crippen LogP contribution < -0.4 is 0 Å².